The van der Waals surface area contributed by atoms with Gasteiger partial charge in [-0.1, -0.05) is 36.2 Å². The van der Waals surface area contributed by atoms with Crippen molar-refractivity contribution < 1.29 is 28.6 Å². The molecule has 2 atom stereocenters. The first kappa shape index (κ1) is 21.0. The largest absolute Gasteiger partial charge is 0.482 e. The number of halogens is 1. The third-order valence-electron chi connectivity index (χ3n) is 3.52. The molecule has 8 heteroatoms. The van der Waals surface area contributed by atoms with Gasteiger partial charge < -0.3 is 19.5 Å². The van der Waals surface area contributed by atoms with Gasteiger partial charge in [0.25, 0.3) is 5.91 Å². The summed E-state index contributed by atoms with van der Waals surface area (Å²) < 4.78 is 15.6. The van der Waals surface area contributed by atoms with Gasteiger partial charge in [-0.15, -0.1) is 0 Å². The van der Waals surface area contributed by atoms with Gasteiger partial charge in [0.15, 0.2) is 13.2 Å². The van der Waals surface area contributed by atoms with Crippen molar-refractivity contribution in [2.75, 3.05) is 20.3 Å². The van der Waals surface area contributed by atoms with Gasteiger partial charge in [-0.05, 0) is 30.2 Å². The fourth-order valence-corrected chi connectivity index (χ4v) is 2.14. The van der Waals surface area contributed by atoms with E-state index in [1.54, 1.807) is 24.3 Å². The number of hydrogen-bond donors (Lipinski definition) is 1. The number of amides is 1. The second kappa shape index (κ2) is 10.7. The standard InChI is InChI=1S/C17H22BrNO6/c1-4-11(2)16(17(22)23-3)19-14(20)9-25-15(21)10-24-13-7-5-12(18)6-8-13/h5-8,11,16H,4,9-10H2,1-3H3,(H,19,20)/t11-,16-/m1/s1. The molecule has 1 rings (SSSR count). The SMILES string of the molecule is CC[C@@H](C)[C@@H](NC(=O)COC(=O)COc1ccc(Br)cc1)C(=O)OC. The predicted octanol–water partition coefficient (Wildman–Crippen LogP) is 2.07. The number of rotatable bonds is 9. The molecule has 1 N–H and O–H groups in total. The fraction of sp³-hybridized carbons (Fsp3) is 0.471. The number of carbonyl (C=O) groups is 3. The van der Waals surface area contributed by atoms with Crippen molar-refractivity contribution >= 4 is 33.8 Å². The molecule has 0 bridgehead atoms. The number of hydrogen-bond acceptors (Lipinski definition) is 6. The lowest BCUT2D eigenvalue weighted by Crippen LogP contribution is -2.47. The Morgan fingerprint density at radius 1 is 1.16 bits per heavy atom. The van der Waals surface area contributed by atoms with Gasteiger partial charge in [-0.25, -0.2) is 9.59 Å². The van der Waals surface area contributed by atoms with Crippen molar-refractivity contribution in [1.29, 1.82) is 0 Å². The Hall–Kier alpha value is -2.09. The van der Waals surface area contributed by atoms with E-state index in [-0.39, 0.29) is 12.5 Å². The molecule has 0 saturated heterocycles. The minimum Gasteiger partial charge on any atom is -0.482 e. The van der Waals surface area contributed by atoms with E-state index in [9.17, 15) is 14.4 Å². The predicted molar refractivity (Wildman–Crippen MR) is 94.0 cm³/mol. The number of methoxy groups -OCH3 is 1. The molecule has 1 amide bonds. The maximum atomic E-state index is 11.9. The zero-order valence-corrected chi connectivity index (χ0v) is 16.0. The van der Waals surface area contributed by atoms with E-state index in [0.29, 0.717) is 12.2 Å². The molecule has 0 aliphatic rings. The van der Waals surface area contributed by atoms with Crippen LogP contribution in [-0.2, 0) is 23.9 Å². The molecule has 0 unspecified atom stereocenters. The van der Waals surface area contributed by atoms with Gasteiger partial charge in [-0.3, -0.25) is 4.79 Å². The highest BCUT2D eigenvalue weighted by Crippen LogP contribution is 2.16. The minimum absolute atomic E-state index is 0.104. The van der Waals surface area contributed by atoms with Crippen molar-refractivity contribution in [2.24, 2.45) is 5.92 Å². The molecule has 0 saturated carbocycles. The summed E-state index contributed by atoms with van der Waals surface area (Å²) in [5, 5.41) is 2.52. The van der Waals surface area contributed by atoms with Gasteiger partial charge in [0.2, 0.25) is 0 Å². The molecule has 7 nitrogen and oxygen atoms in total. The van der Waals surface area contributed by atoms with Crippen molar-refractivity contribution in [3.63, 3.8) is 0 Å². The smallest absolute Gasteiger partial charge is 0.344 e. The van der Waals surface area contributed by atoms with Crippen LogP contribution in [0.5, 0.6) is 5.75 Å². The highest BCUT2D eigenvalue weighted by molar-refractivity contribution is 9.10. The lowest BCUT2D eigenvalue weighted by Gasteiger charge is -2.21. The lowest BCUT2D eigenvalue weighted by atomic mass is 9.99. The number of nitrogens with one attached hydrogen (secondary N) is 1. The summed E-state index contributed by atoms with van der Waals surface area (Å²) in [5.41, 5.74) is 0. The van der Waals surface area contributed by atoms with Gasteiger partial charge >= 0.3 is 11.9 Å². The zero-order chi connectivity index (χ0) is 18.8. The lowest BCUT2D eigenvalue weighted by molar-refractivity contribution is -0.152. The number of ether oxygens (including phenoxy) is 3. The second-order valence-electron chi connectivity index (χ2n) is 5.36. The van der Waals surface area contributed by atoms with E-state index in [0.717, 1.165) is 4.47 Å². The van der Waals surface area contributed by atoms with Crippen LogP contribution in [0.1, 0.15) is 20.3 Å². The molecule has 1 aromatic rings. The van der Waals surface area contributed by atoms with Crippen LogP contribution < -0.4 is 10.1 Å². The van der Waals surface area contributed by atoms with Crippen LogP contribution >= 0.6 is 15.9 Å². The molecule has 25 heavy (non-hydrogen) atoms. The van der Waals surface area contributed by atoms with Crippen LogP contribution in [0.2, 0.25) is 0 Å². The highest BCUT2D eigenvalue weighted by Gasteiger charge is 2.26. The zero-order valence-electron chi connectivity index (χ0n) is 14.4. The van der Waals surface area contributed by atoms with Crippen LogP contribution in [-0.4, -0.2) is 44.2 Å². The summed E-state index contributed by atoms with van der Waals surface area (Å²) in [7, 11) is 1.25. The number of carbonyl (C=O) groups excluding carboxylic acids is 3. The molecule has 0 aliphatic heterocycles. The molecule has 0 radical (unpaired) electrons. The van der Waals surface area contributed by atoms with Crippen molar-refractivity contribution in [3.05, 3.63) is 28.7 Å². The first-order valence-electron chi connectivity index (χ1n) is 7.78. The van der Waals surface area contributed by atoms with Gasteiger partial charge in [0.05, 0.1) is 7.11 Å². The Morgan fingerprint density at radius 3 is 2.36 bits per heavy atom. The Bertz CT molecular complexity index is 589. The first-order valence-corrected chi connectivity index (χ1v) is 8.57. The van der Waals surface area contributed by atoms with E-state index < -0.39 is 30.5 Å². The Morgan fingerprint density at radius 2 is 1.80 bits per heavy atom. The summed E-state index contributed by atoms with van der Waals surface area (Å²) >= 11 is 3.29. The van der Waals surface area contributed by atoms with E-state index in [4.69, 9.17) is 9.47 Å². The van der Waals surface area contributed by atoms with Crippen molar-refractivity contribution in [1.82, 2.24) is 5.32 Å². The van der Waals surface area contributed by atoms with Crippen LogP contribution in [0.4, 0.5) is 0 Å². The van der Waals surface area contributed by atoms with E-state index in [1.807, 2.05) is 13.8 Å². The Labute approximate surface area is 155 Å². The molecular weight excluding hydrogens is 394 g/mol. The van der Waals surface area contributed by atoms with Gasteiger partial charge in [0, 0.05) is 4.47 Å². The Kier molecular flexibility index (Phi) is 8.98. The number of esters is 2. The summed E-state index contributed by atoms with van der Waals surface area (Å²) in [6.07, 6.45) is 0.681. The quantitative estimate of drug-likeness (QED) is 0.620. The third kappa shape index (κ3) is 7.55. The van der Waals surface area contributed by atoms with Crippen molar-refractivity contribution in [2.45, 2.75) is 26.3 Å². The molecule has 0 aliphatic carbocycles. The normalized spacial score (nSPS) is 12.6. The number of benzene rings is 1. The van der Waals surface area contributed by atoms with Crippen LogP contribution in [0.15, 0.2) is 28.7 Å². The topological polar surface area (TPSA) is 90.9 Å². The molecule has 1 aromatic carbocycles. The summed E-state index contributed by atoms with van der Waals surface area (Å²) in [5.74, 6) is -1.39. The molecular formula is C17H22BrNO6. The first-order chi connectivity index (χ1) is 11.9. The van der Waals surface area contributed by atoms with Crippen molar-refractivity contribution in [3.8, 4) is 5.75 Å². The molecule has 0 aromatic heterocycles. The van der Waals surface area contributed by atoms with Crippen LogP contribution in [0, 0.1) is 5.92 Å². The van der Waals surface area contributed by atoms with Gasteiger partial charge in [-0.2, -0.15) is 0 Å². The van der Waals surface area contributed by atoms with Crippen LogP contribution in [0.3, 0.4) is 0 Å². The van der Waals surface area contributed by atoms with Gasteiger partial charge in [0.1, 0.15) is 11.8 Å². The molecule has 0 heterocycles. The van der Waals surface area contributed by atoms with E-state index in [2.05, 4.69) is 26.0 Å². The summed E-state index contributed by atoms with van der Waals surface area (Å²) in [4.78, 5) is 35.2. The highest BCUT2D eigenvalue weighted by atomic mass is 79.9. The Balaban J connectivity index is 2.39. The summed E-state index contributed by atoms with van der Waals surface area (Å²) in [6, 6.07) is 6.15. The second-order valence-corrected chi connectivity index (χ2v) is 6.27. The average molecular weight is 416 g/mol. The van der Waals surface area contributed by atoms with E-state index in [1.165, 1.54) is 7.11 Å². The van der Waals surface area contributed by atoms with E-state index >= 15 is 0 Å². The summed E-state index contributed by atoms with van der Waals surface area (Å²) in [6.45, 7) is 2.90. The average Bonchev–Trinajstić information content (AvgIpc) is 2.62. The van der Waals surface area contributed by atoms with Crippen LogP contribution in [0.25, 0.3) is 0 Å². The molecule has 0 fully saturated rings. The monoisotopic (exact) mass is 415 g/mol. The molecule has 138 valence electrons. The maximum Gasteiger partial charge on any atom is 0.344 e. The fourth-order valence-electron chi connectivity index (χ4n) is 1.87. The third-order valence-corrected chi connectivity index (χ3v) is 4.05. The molecule has 0 spiro atoms. The minimum atomic E-state index is -0.778. The maximum absolute atomic E-state index is 11.9.